The maximum absolute atomic E-state index is 8.87. The van der Waals surface area contributed by atoms with Crippen molar-refractivity contribution in [2.24, 2.45) is 5.92 Å². The summed E-state index contributed by atoms with van der Waals surface area (Å²) >= 11 is 0. The maximum atomic E-state index is 8.87. The Balaban J connectivity index is 2.02. The lowest BCUT2D eigenvalue weighted by Crippen LogP contribution is -2.45. The highest BCUT2D eigenvalue weighted by Gasteiger charge is 2.31. The van der Waals surface area contributed by atoms with E-state index >= 15 is 0 Å². The van der Waals surface area contributed by atoms with Crippen LogP contribution in [0.15, 0.2) is 30.3 Å². The van der Waals surface area contributed by atoms with Crippen LogP contribution in [0.3, 0.4) is 0 Å². The average molecular weight is 258 g/mol. The van der Waals surface area contributed by atoms with E-state index in [1.165, 1.54) is 5.56 Å². The Morgan fingerprint density at radius 2 is 2.16 bits per heavy atom. The largest absolute Gasteiger partial charge is 0.380 e. The van der Waals surface area contributed by atoms with Crippen molar-refractivity contribution in [1.82, 2.24) is 4.90 Å². The minimum atomic E-state index is 0.180. The first-order chi connectivity index (χ1) is 9.26. The summed E-state index contributed by atoms with van der Waals surface area (Å²) in [6, 6.07) is 13.3. The van der Waals surface area contributed by atoms with Crippen molar-refractivity contribution in [1.29, 1.82) is 5.26 Å². The highest BCUT2D eigenvalue weighted by atomic mass is 16.5. The van der Waals surface area contributed by atoms with Crippen LogP contribution in [0.2, 0.25) is 0 Å². The number of likely N-dealkylation sites (tertiary alicyclic amines) is 1. The first-order valence-corrected chi connectivity index (χ1v) is 6.95. The van der Waals surface area contributed by atoms with Gasteiger partial charge in [0.2, 0.25) is 0 Å². The normalized spacial score (nSPS) is 25.7. The Morgan fingerprint density at radius 1 is 1.42 bits per heavy atom. The van der Waals surface area contributed by atoms with Crippen LogP contribution in [-0.4, -0.2) is 31.2 Å². The Hall–Kier alpha value is -1.37. The van der Waals surface area contributed by atoms with Gasteiger partial charge in [-0.1, -0.05) is 30.3 Å². The molecule has 1 heterocycles. The molecule has 3 atom stereocenters. The Labute approximate surface area is 115 Å². The van der Waals surface area contributed by atoms with Gasteiger partial charge in [0.15, 0.2) is 0 Å². The highest BCUT2D eigenvalue weighted by molar-refractivity contribution is 5.18. The van der Waals surface area contributed by atoms with Gasteiger partial charge in [-0.2, -0.15) is 5.26 Å². The summed E-state index contributed by atoms with van der Waals surface area (Å²) in [4.78, 5) is 2.46. The van der Waals surface area contributed by atoms with E-state index in [4.69, 9.17) is 10.00 Å². The smallest absolute Gasteiger partial charge is 0.0736 e. The van der Waals surface area contributed by atoms with Crippen LogP contribution in [0.5, 0.6) is 0 Å². The summed E-state index contributed by atoms with van der Waals surface area (Å²) < 4.78 is 5.58. The molecule has 0 spiro atoms. The molecule has 0 unspecified atom stereocenters. The Kier molecular flexibility index (Phi) is 4.95. The number of hydrogen-bond acceptors (Lipinski definition) is 3. The fraction of sp³-hybridized carbons (Fsp3) is 0.562. The van der Waals surface area contributed by atoms with Gasteiger partial charge >= 0.3 is 0 Å². The van der Waals surface area contributed by atoms with Crippen LogP contribution in [0.25, 0.3) is 0 Å². The minimum Gasteiger partial charge on any atom is -0.380 e. The van der Waals surface area contributed by atoms with Crippen LogP contribution in [-0.2, 0) is 4.74 Å². The molecule has 1 aliphatic rings. The summed E-state index contributed by atoms with van der Waals surface area (Å²) in [6.45, 7) is 4.20. The molecule has 0 radical (unpaired) electrons. The van der Waals surface area contributed by atoms with Crippen molar-refractivity contribution in [3.8, 4) is 6.07 Å². The lowest BCUT2D eigenvalue weighted by atomic mass is 9.90. The molecule has 1 fully saturated rings. The molecule has 1 saturated heterocycles. The van der Waals surface area contributed by atoms with E-state index in [0.29, 0.717) is 18.4 Å². The third-order valence-corrected chi connectivity index (χ3v) is 4.21. The first kappa shape index (κ1) is 14.0. The zero-order chi connectivity index (χ0) is 13.7. The van der Waals surface area contributed by atoms with Gasteiger partial charge in [-0.05, 0) is 25.5 Å². The maximum Gasteiger partial charge on any atom is 0.0736 e. The molecule has 19 heavy (non-hydrogen) atoms. The van der Waals surface area contributed by atoms with E-state index in [2.05, 4.69) is 42.2 Å². The molecular formula is C16H22N2O. The van der Waals surface area contributed by atoms with E-state index in [-0.39, 0.29) is 6.10 Å². The fourth-order valence-corrected chi connectivity index (χ4v) is 2.90. The van der Waals surface area contributed by atoms with E-state index in [1.54, 1.807) is 7.11 Å². The van der Waals surface area contributed by atoms with Gasteiger partial charge in [-0.3, -0.25) is 4.90 Å². The zero-order valence-corrected chi connectivity index (χ0v) is 11.7. The third kappa shape index (κ3) is 3.34. The van der Waals surface area contributed by atoms with Gasteiger partial charge in [0.05, 0.1) is 12.2 Å². The summed E-state index contributed by atoms with van der Waals surface area (Å²) in [5.74, 6) is 0.384. The minimum absolute atomic E-state index is 0.180. The number of nitriles is 1. The second-order valence-corrected chi connectivity index (χ2v) is 5.27. The molecule has 1 aromatic rings. The molecule has 1 aromatic carbocycles. The summed E-state index contributed by atoms with van der Waals surface area (Å²) in [5, 5.41) is 8.87. The van der Waals surface area contributed by atoms with Crippen molar-refractivity contribution in [3.05, 3.63) is 35.9 Å². The van der Waals surface area contributed by atoms with E-state index in [1.807, 2.05) is 6.07 Å². The topological polar surface area (TPSA) is 36.3 Å². The van der Waals surface area contributed by atoms with Gasteiger partial charge in [-0.15, -0.1) is 0 Å². The standard InChI is InChI=1S/C16H22N2O/c1-13(14-6-4-3-5-7-14)18-11-9-15(8-10-17)16(12-18)19-2/h3-7,13,15-16H,8-9,11-12H2,1-2H3/t13-,15+,16-/m0/s1. The van der Waals surface area contributed by atoms with Gasteiger partial charge in [-0.25, -0.2) is 0 Å². The Bertz CT molecular complexity index is 426. The van der Waals surface area contributed by atoms with Crippen molar-refractivity contribution in [2.45, 2.75) is 31.9 Å². The van der Waals surface area contributed by atoms with Crippen molar-refractivity contribution in [2.75, 3.05) is 20.2 Å². The fourth-order valence-electron chi connectivity index (χ4n) is 2.90. The SMILES string of the molecule is CO[C@H]1CN([C@@H](C)c2ccccc2)CC[C@H]1CC#N. The average Bonchev–Trinajstić information content (AvgIpc) is 2.48. The van der Waals surface area contributed by atoms with Gasteiger partial charge in [0.25, 0.3) is 0 Å². The predicted molar refractivity (Wildman–Crippen MR) is 75.6 cm³/mol. The van der Waals surface area contributed by atoms with Gasteiger partial charge in [0, 0.05) is 32.0 Å². The number of benzene rings is 1. The number of nitrogens with zero attached hydrogens (tertiary/aromatic N) is 2. The lowest BCUT2D eigenvalue weighted by molar-refractivity contribution is -0.0215. The molecule has 0 saturated carbocycles. The van der Waals surface area contributed by atoms with Crippen molar-refractivity contribution >= 4 is 0 Å². The Morgan fingerprint density at radius 3 is 2.79 bits per heavy atom. The molecule has 0 aliphatic carbocycles. The quantitative estimate of drug-likeness (QED) is 0.833. The molecule has 3 nitrogen and oxygen atoms in total. The number of piperidine rings is 1. The number of ether oxygens (including phenoxy) is 1. The van der Waals surface area contributed by atoms with E-state index in [0.717, 1.165) is 19.5 Å². The number of rotatable bonds is 4. The van der Waals surface area contributed by atoms with Crippen LogP contribution < -0.4 is 0 Å². The van der Waals surface area contributed by atoms with Crippen molar-refractivity contribution in [3.63, 3.8) is 0 Å². The summed E-state index contributed by atoms with van der Waals surface area (Å²) in [6.07, 6.45) is 1.83. The van der Waals surface area contributed by atoms with Crippen LogP contribution in [0.4, 0.5) is 0 Å². The second kappa shape index (κ2) is 6.70. The highest BCUT2D eigenvalue weighted by Crippen LogP contribution is 2.29. The molecule has 0 bridgehead atoms. The first-order valence-electron chi connectivity index (χ1n) is 6.95. The molecule has 2 rings (SSSR count). The number of hydrogen-bond donors (Lipinski definition) is 0. The molecule has 0 amide bonds. The summed E-state index contributed by atoms with van der Waals surface area (Å²) in [7, 11) is 1.76. The predicted octanol–water partition coefficient (Wildman–Crippen LogP) is 3.00. The van der Waals surface area contributed by atoms with E-state index < -0.39 is 0 Å². The van der Waals surface area contributed by atoms with Crippen molar-refractivity contribution < 1.29 is 4.74 Å². The molecule has 1 aliphatic heterocycles. The zero-order valence-electron chi connectivity index (χ0n) is 11.7. The van der Waals surface area contributed by atoms with Crippen LogP contribution in [0.1, 0.15) is 31.4 Å². The van der Waals surface area contributed by atoms with Gasteiger partial charge in [0.1, 0.15) is 0 Å². The number of methoxy groups -OCH3 is 1. The molecule has 102 valence electrons. The molecule has 0 N–H and O–H groups in total. The second-order valence-electron chi connectivity index (χ2n) is 5.27. The molecule has 3 heteroatoms. The van der Waals surface area contributed by atoms with Gasteiger partial charge < -0.3 is 4.74 Å². The van der Waals surface area contributed by atoms with Crippen LogP contribution >= 0.6 is 0 Å². The molecular weight excluding hydrogens is 236 g/mol. The monoisotopic (exact) mass is 258 g/mol. The van der Waals surface area contributed by atoms with E-state index in [9.17, 15) is 0 Å². The summed E-state index contributed by atoms with van der Waals surface area (Å²) in [5.41, 5.74) is 1.34. The third-order valence-electron chi connectivity index (χ3n) is 4.21. The lowest BCUT2D eigenvalue weighted by Gasteiger charge is -2.40. The molecule has 0 aromatic heterocycles. The van der Waals surface area contributed by atoms with Crippen LogP contribution in [0, 0.1) is 17.2 Å².